The molecule has 0 amide bonds. The highest BCUT2D eigenvalue weighted by Crippen LogP contribution is 2.55. The molecule has 0 aromatic heterocycles. The molecule has 3 rings (SSSR count). The van der Waals surface area contributed by atoms with Gasteiger partial charge in [-0.15, -0.1) is 0 Å². The zero-order chi connectivity index (χ0) is 21.8. The van der Waals surface area contributed by atoms with Gasteiger partial charge >= 0.3 is 0 Å². The smallest absolute Gasteiger partial charge is 0.160 e. The van der Waals surface area contributed by atoms with Crippen LogP contribution in [0.5, 0.6) is 0 Å². The van der Waals surface area contributed by atoms with E-state index in [-0.39, 0.29) is 6.29 Å². The quantitative estimate of drug-likeness (QED) is 0.207. The predicted molar refractivity (Wildman–Crippen MR) is 135 cm³/mol. The Labute approximate surface area is 188 Å². The van der Waals surface area contributed by atoms with E-state index in [9.17, 15) is 0 Å². The van der Waals surface area contributed by atoms with Gasteiger partial charge in [-0.2, -0.15) is 0 Å². The second-order valence-corrected chi connectivity index (χ2v) is 11.0. The molecule has 0 radical (unpaired) electrons. The number of benzene rings is 3. The van der Waals surface area contributed by atoms with Crippen LogP contribution in [-0.2, 0) is 9.47 Å². The monoisotopic (exact) mass is 433 g/mol. The van der Waals surface area contributed by atoms with E-state index in [0.717, 1.165) is 19.0 Å². The second-order valence-electron chi connectivity index (χ2n) is 7.38. The normalized spacial score (nSPS) is 12.0. The van der Waals surface area contributed by atoms with Crippen LogP contribution in [-0.4, -0.2) is 25.7 Å². The van der Waals surface area contributed by atoms with Gasteiger partial charge in [0.2, 0.25) is 0 Å². The highest BCUT2D eigenvalue weighted by atomic mass is 31.2. The van der Waals surface area contributed by atoms with Crippen LogP contribution in [0.1, 0.15) is 26.7 Å². The fourth-order valence-electron chi connectivity index (χ4n) is 4.03. The van der Waals surface area contributed by atoms with Crippen molar-refractivity contribution < 1.29 is 9.47 Å². The molecule has 0 fully saturated rings. The van der Waals surface area contributed by atoms with E-state index in [4.69, 9.17) is 9.47 Å². The van der Waals surface area contributed by atoms with Crippen LogP contribution in [0.2, 0.25) is 0 Å². The van der Waals surface area contributed by atoms with Crippen LogP contribution >= 0.6 is 7.26 Å². The fourth-order valence-corrected chi connectivity index (χ4v) is 8.28. The first-order chi connectivity index (χ1) is 15.3. The molecule has 0 bridgehead atoms. The molecule has 0 saturated carbocycles. The number of hydrogen-bond acceptors (Lipinski definition) is 2. The van der Waals surface area contributed by atoms with Gasteiger partial charge in [0.25, 0.3) is 0 Å². The largest absolute Gasteiger partial charge is 0.353 e. The van der Waals surface area contributed by atoms with Crippen LogP contribution in [0.15, 0.2) is 103 Å². The Morgan fingerprint density at radius 3 is 1.45 bits per heavy atom. The zero-order valence-electron chi connectivity index (χ0n) is 18.7. The lowest BCUT2D eigenvalue weighted by molar-refractivity contribution is -0.133. The number of ether oxygens (including phenoxy) is 2. The van der Waals surface area contributed by atoms with Crippen molar-refractivity contribution in [2.24, 2.45) is 0 Å². The molecule has 0 heterocycles. The lowest BCUT2D eigenvalue weighted by Crippen LogP contribution is -2.33. The first kappa shape index (κ1) is 23.4. The third kappa shape index (κ3) is 6.14. The van der Waals surface area contributed by atoms with Gasteiger partial charge in [-0.1, -0.05) is 66.7 Å². The van der Waals surface area contributed by atoms with E-state index >= 15 is 0 Å². The molecular weight excluding hydrogens is 399 g/mol. The van der Waals surface area contributed by atoms with Gasteiger partial charge in [0.15, 0.2) is 6.29 Å². The van der Waals surface area contributed by atoms with Gasteiger partial charge in [-0.25, -0.2) is 0 Å². The Morgan fingerprint density at radius 1 is 0.645 bits per heavy atom. The van der Waals surface area contributed by atoms with E-state index in [0.29, 0.717) is 13.2 Å². The molecule has 0 aliphatic carbocycles. The van der Waals surface area contributed by atoms with Crippen LogP contribution in [0.25, 0.3) is 0 Å². The SMILES string of the molecule is CCOC(C/C=C\CC[P+](c1ccccc1)(c1ccccc1)c1ccccc1)OCC. The minimum absolute atomic E-state index is 0.150. The molecule has 0 saturated heterocycles. The summed E-state index contributed by atoms with van der Waals surface area (Å²) in [6, 6.07) is 33.1. The summed E-state index contributed by atoms with van der Waals surface area (Å²) < 4.78 is 11.3. The standard InChI is InChI=1S/C28H34O2P/c1-3-29-28(30-4-2)23-15-8-16-24-31(25-17-9-5-10-18-25,26-19-11-6-12-20-26)27-21-13-7-14-22-27/h5-15,17-22,28H,3-4,16,23-24H2,1-2H3/q+1/b15-8-. The lowest BCUT2D eigenvalue weighted by Gasteiger charge is -2.27. The molecule has 2 nitrogen and oxygen atoms in total. The first-order valence-corrected chi connectivity index (χ1v) is 13.2. The van der Waals surface area contributed by atoms with E-state index in [1.807, 2.05) is 13.8 Å². The molecule has 0 N–H and O–H groups in total. The van der Waals surface area contributed by atoms with E-state index in [2.05, 4.69) is 103 Å². The maximum Gasteiger partial charge on any atom is 0.160 e. The third-order valence-electron chi connectivity index (χ3n) is 5.42. The van der Waals surface area contributed by atoms with Crippen molar-refractivity contribution in [3.05, 3.63) is 103 Å². The molecule has 3 heteroatoms. The average molecular weight is 434 g/mol. The van der Waals surface area contributed by atoms with Crippen LogP contribution in [0.3, 0.4) is 0 Å². The highest BCUT2D eigenvalue weighted by Gasteiger charge is 2.44. The van der Waals surface area contributed by atoms with Gasteiger partial charge in [-0.05, 0) is 50.2 Å². The summed E-state index contributed by atoms with van der Waals surface area (Å²) in [6.07, 6.45) is 7.26. The summed E-state index contributed by atoms with van der Waals surface area (Å²) in [6.45, 7) is 5.36. The summed E-state index contributed by atoms with van der Waals surface area (Å²) in [7, 11) is -1.76. The minimum Gasteiger partial charge on any atom is -0.353 e. The van der Waals surface area contributed by atoms with Crippen LogP contribution in [0, 0.1) is 0 Å². The summed E-state index contributed by atoms with van der Waals surface area (Å²) in [5.41, 5.74) is 0. The van der Waals surface area contributed by atoms with Gasteiger partial charge in [-0.3, -0.25) is 0 Å². The predicted octanol–water partition coefficient (Wildman–Crippen LogP) is 5.72. The molecule has 0 atom stereocenters. The molecule has 0 spiro atoms. The minimum atomic E-state index is -1.76. The first-order valence-electron chi connectivity index (χ1n) is 11.2. The number of rotatable bonds is 12. The van der Waals surface area contributed by atoms with Gasteiger partial charge < -0.3 is 9.47 Å². The van der Waals surface area contributed by atoms with Crippen LogP contribution < -0.4 is 15.9 Å². The molecule has 3 aromatic carbocycles. The van der Waals surface area contributed by atoms with Crippen molar-refractivity contribution in [3.63, 3.8) is 0 Å². The molecule has 31 heavy (non-hydrogen) atoms. The molecule has 0 aliphatic heterocycles. The molecule has 0 aliphatic rings. The van der Waals surface area contributed by atoms with E-state index < -0.39 is 7.26 Å². The third-order valence-corrected chi connectivity index (χ3v) is 9.89. The maximum absolute atomic E-state index is 5.67. The Kier molecular flexibility index (Phi) is 9.49. The second kappa shape index (κ2) is 12.6. The van der Waals surface area contributed by atoms with Crippen molar-refractivity contribution in [1.29, 1.82) is 0 Å². The Balaban J connectivity index is 1.90. The molecule has 162 valence electrons. The average Bonchev–Trinajstić information content (AvgIpc) is 2.83. The summed E-state index contributed by atoms with van der Waals surface area (Å²) in [5.74, 6) is 0. The summed E-state index contributed by atoms with van der Waals surface area (Å²) >= 11 is 0. The van der Waals surface area contributed by atoms with Crippen molar-refractivity contribution in [2.75, 3.05) is 19.4 Å². The van der Waals surface area contributed by atoms with Crippen molar-refractivity contribution >= 4 is 23.2 Å². The van der Waals surface area contributed by atoms with E-state index in [1.165, 1.54) is 15.9 Å². The summed E-state index contributed by atoms with van der Waals surface area (Å²) in [5, 5.41) is 4.30. The lowest BCUT2D eigenvalue weighted by atomic mass is 10.3. The Bertz CT molecular complexity index is 791. The van der Waals surface area contributed by atoms with Gasteiger partial charge in [0, 0.05) is 26.1 Å². The van der Waals surface area contributed by atoms with E-state index in [1.54, 1.807) is 0 Å². The number of hydrogen-bond donors (Lipinski definition) is 0. The molecular formula is C28H34O2P+. The van der Waals surface area contributed by atoms with Gasteiger partial charge in [0.1, 0.15) is 23.2 Å². The van der Waals surface area contributed by atoms with Crippen molar-refractivity contribution in [1.82, 2.24) is 0 Å². The Morgan fingerprint density at radius 2 is 1.06 bits per heavy atom. The zero-order valence-corrected chi connectivity index (χ0v) is 19.6. The van der Waals surface area contributed by atoms with Crippen LogP contribution in [0.4, 0.5) is 0 Å². The highest BCUT2D eigenvalue weighted by molar-refractivity contribution is 7.95. The number of allylic oxidation sites excluding steroid dienone is 1. The van der Waals surface area contributed by atoms with Gasteiger partial charge in [0.05, 0.1) is 6.16 Å². The maximum atomic E-state index is 5.67. The topological polar surface area (TPSA) is 18.5 Å². The Hall–Kier alpha value is -2.25. The molecule has 0 unspecified atom stereocenters. The molecule has 3 aromatic rings. The fraction of sp³-hybridized carbons (Fsp3) is 0.286. The summed E-state index contributed by atoms with van der Waals surface area (Å²) in [4.78, 5) is 0. The van der Waals surface area contributed by atoms with Crippen molar-refractivity contribution in [3.8, 4) is 0 Å². The van der Waals surface area contributed by atoms with Crippen molar-refractivity contribution in [2.45, 2.75) is 33.0 Å².